The smallest absolute Gasteiger partial charge is 0.167 e. The molecule has 0 bridgehead atoms. The van der Waals surface area contributed by atoms with Crippen LogP contribution in [0.1, 0.15) is 40.9 Å². The van der Waals surface area contributed by atoms with Crippen molar-refractivity contribution in [1.29, 1.82) is 0 Å². The summed E-state index contributed by atoms with van der Waals surface area (Å²) in [6, 6.07) is 1.97. The fourth-order valence-corrected chi connectivity index (χ4v) is 2.75. The maximum Gasteiger partial charge on any atom is 0.167 e. The lowest BCUT2D eigenvalue weighted by atomic mass is 9.97. The minimum atomic E-state index is 0.327. The third-order valence-corrected chi connectivity index (χ3v) is 3.70. The van der Waals surface area contributed by atoms with Gasteiger partial charge in [-0.2, -0.15) is 0 Å². The van der Waals surface area contributed by atoms with Crippen molar-refractivity contribution in [3.05, 3.63) is 21.9 Å². The summed E-state index contributed by atoms with van der Waals surface area (Å²) in [7, 11) is 0. The summed E-state index contributed by atoms with van der Waals surface area (Å²) in [6.07, 6.45) is 4.68. The summed E-state index contributed by atoms with van der Waals surface area (Å²) in [5.41, 5.74) is 0.969. The highest BCUT2D eigenvalue weighted by Gasteiger charge is 2.24. The molecule has 0 radical (unpaired) electrons. The lowest BCUT2D eigenvalue weighted by Gasteiger charge is -2.06. The molecular weight excluding hydrogens is 180 g/mol. The van der Waals surface area contributed by atoms with E-state index in [1.165, 1.54) is 17.7 Å². The van der Waals surface area contributed by atoms with Crippen LogP contribution in [-0.2, 0) is 0 Å². The van der Waals surface area contributed by atoms with Gasteiger partial charge in [-0.3, -0.25) is 4.79 Å². The third-order valence-electron chi connectivity index (χ3n) is 2.85. The second-order valence-electron chi connectivity index (χ2n) is 3.74. The predicted molar refractivity (Wildman–Crippen MR) is 55.3 cm³/mol. The Kier molecular flexibility index (Phi) is 2.49. The van der Waals surface area contributed by atoms with Crippen molar-refractivity contribution in [2.45, 2.75) is 32.6 Å². The van der Waals surface area contributed by atoms with Crippen molar-refractivity contribution in [2.75, 3.05) is 0 Å². The summed E-state index contributed by atoms with van der Waals surface area (Å²) in [4.78, 5) is 13.1. The number of hydrogen-bond acceptors (Lipinski definition) is 2. The van der Waals surface area contributed by atoms with Crippen LogP contribution in [0.3, 0.4) is 0 Å². The van der Waals surface area contributed by atoms with Gasteiger partial charge >= 0.3 is 0 Å². The van der Waals surface area contributed by atoms with E-state index >= 15 is 0 Å². The van der Waals surface area contributed by atoms with E-state index in [0.717, 1.165) is 18.4 Å². The van der Waals surface area contributed by atoms with Gasteiger partial charge in [-0.1, -0.05) is 12.8 Å². The van der Waals surface area contributed by atoms with Gasteiger partial charge in [0.05, 0.1) is 0 Å². The molecule has 2 heteroatoms. The fraction of sp³-hybridized carbons (Fsp3) is 0.545. The SMILES string of the molecule is Cc1sccc1C(=O)C1CCCC1. The predicted octanol–water partition coefficient (Wildman–Crippen LogP) is 3.43. The van der Waals surface area contributed by atoms with Gasteiger partial charge in [0.15, 0.2) is 5.78 Å². The molecule has 1 nitrogen and oxygen atoms in total. The lowest BCUT2D eigenvalue weighted by Crippen LogP contribution is -2.10. The molecule has 1 aliphatic carbocycles. The summed E-state index contributed by atoms with van der Waals surface area (Å²) < 4.78 is 0. The second-order valence-corrected chi connectivity index (χ2v) is 4.86. The Bertz CT molecular complexity index is 308. The Balaban J connectivity index is 2.17. The Labute approximate surface area is 82.8 Å². The van der Waals surface area contributed by atoms with Crippen LogP contribution < -0.4 is 0 Å². The Morgan fingerprint density at radius 2 is 2.15 bits per heavy atom. The van der Waals surface area contributed by atoms with Crippen LogP contribution >= 0.6 is 11.3 Å². The molecule has 1 saturated carbocycles. The third kappa shape index (κ3) is 1.68. The highest BCUT2D eigenvalue weighted by atomic mass is 32.1. The van der Waals surface area contributed by atoms with Crippen LogP contribution in [-0.4, -0.2) is 5.78 Å². The van der Waals surface area contributed by atoms with E-state index in [2.05, 4.69) is 0 Å². The Hall–Kier alpha value is -0.630. The zero-order chi connectivity index (χ0) is 9.26. The molecule has 70 valence electrons. The molecule has 0 aromatic carbocycles. The summed E-state index contributed by atoms with van der Waals surface area (Å²) >= 11 is 1.67. The first-order valence-electron chi connectivity index (χ1n) is 4.87. The van der Waals surface area contributed by atoms with E-state index in [-0.39, 0.29) is 0 Å². The Morgan fingerprint density at radius 3 is 2.69 bits per heavy atom. The number of carbonyl (C=O) groups excluding carboxylic acids is 1. The van der Waals surface area contributed by atoms with Crippen LogP contribution in [0.15, 0.2) is 11.4 Å². The van der Waals surface area contributed by atoms with Gasteiger partial charge in [0.2, 0.25) is 0 Å². The van der Waals surface area contributed by atoms with E-state index in [1.54, 1.807) is 11.3 Å². The molecule has 0 amide bonds. The molecule has 0 unspecified atom stereocenters. The normalized spacial score (nSPS) is 17.9. The number of rotatable bonds is 2. The van der Waals surface area contributed by atoms with E-state index in [0.29, 0.717) is 11.7 Å². The van der Waals surface area contributed by atoms with Crippen LogP contribution in [0.5, 0.6) is 0 Å². The first-order valence-corrected chi connectivity index (χ1v) is 5.75. The molecule has 13 heavy (non-hydrogen) atoms. The van der Waals surface area contributed by atoms with Crippen LogP contribution in [0.25, 0.3) is 0 Å². The van der Waals surface area contributed by atoms with E-state index in [9.17, 15) is 4.79 Å². The molecular formula is C11H14OS. The largest absolute Gasteiger partial charge is 0.294 e. The first kappa shape index (κ1) is 8.95. The summed E-state index contributed by atoms with van der Waals surface area (Å²) in [6.45, 7) is 2.03. The van der Waals surface area contributed by atoms with Crippen molar-refractivity contribution < 1.29 is 4.79 Å². The minimum absolute atomic E-state index is 0.327. The van der Waals surface area contributed by atoms with Gasteiger partial charge in [-0.05, 0) is 31.2 Å². The number of aryl methyl sites for hydroxylation is 1. The number of hydrogen-bond donors (Lipinski definition) is 0. The van der Waals surface area contributed by atoms with Crippen molar-refractivity contribution in [3.63, 3.8) is 0 Å². The topological polar surface area (TPSA) is 17.1 Å². The van der Waals surface area contributed by atoms with Crippen molar-refractivity contribution in [1.82, 2.24) is 0 Å². The number of thiophene rings is 1. The van der Waals surface area contributed by atoms with E-state index < -0.39 is 0 Å². The number of ketones is 1. The van der Waals surface area contributed by atoms with Gasteiger partial charge in [0, 0.05) is 16.4 Å². The molecule has 0 saturated heterocycles. The molecule has 1 aromatic heterocycles. The maximum absolute atomic E-state index is 11.9. The monoisotopic (exact) mass is 194 g/mol. The molecule has 0 atom stereocenters. The quantitative estimate of drug-likeness (QED) is 0.659. The van der Waals surface area contributed by atoms with Crippen molar-refractivity contribution in [3.8, 4) is 0 Å². The van der Waals surface area contributed by atoms with E-state index in [1.807, 2.05) is 18.4 Å². The lowest BCUT2D eigenvalue weighted by molar-refractivity contribution is 0.0923. The van der Waals surface area contributed by atoms with Crippen molar-refractivity contribution in [2.24, 2.45) is 5.92 Å². The first-order chi connectivity index (χ1) is 6.29. The highest BCUT2D eigenvalue weighted by Crippen LogP contribution is 2.30. The van der Waals surface area contributed by atoms with Crippen molar-refractivity contribution >= 4 is 17.1 Å². The molecule has 0 aliphatic heterocycles. The van der Waals surface area contributed by atoms with Crippen LogP contribution in [0, 0.1) is 12.8 Å². The highest BCUT2D eigenvalue weighted by molar-refractivity contribution is 7.10. The van der Waals surface area contributed by atoms with Gasteiger partial charge < -0.3 is 0 Å². The zero-order valence-electron chi connectivity index (χ0n) is 7.88. The van der Waals surface area contributed by atoms with Gasteiger partial charge in [-0.25, -0.2) is 0 Å². The van der Waals surface area contributed by atoms with Gasteiger partial charge in [0.25, 0.3) is 0 Å². The summed E-state index contributed by atoms with van der Waals surface area (Å²) in [5.74, 6) is 0.713. The van der Waals surface area contributed by atoms with Crippen LogP contribution in [0.2, 0.25) is 0 Å². The fourth-order valence-electron chi connectivity index (χ4n) is 2.05. The van der Waals surface area contributed by atoms with E-state index in [4.69, 9.17) is 0 Å². The molecule has 0 spiro atoms. The molecule has 1 fully saturated rings. The number of carbonyl (C=O) groups is 1. The minimum Gasteiger partial charge on any atom is -0.294 e. The molecule has 1 aliphatic rings. The maximum atomic E-state index is 11.9. The van der Waals surface area contributed by atoms with Gasteiger partial charge in [-0.15, -0.1) is 11.3 Å². The summed E-state index contributed by atoms with van der Waals surface area (Å²) in [5, 5.41) is 2.01. The number of Topliss-reactive ketones (excluding diaryl/α,β-unsaturated/α-hetero) is 1. The van der Waals surface area contributed by atoms with Gasteiger partial charge in [0.1, 0.15) is 0 Å². The molecule has 0 N–H and O–H groups in total. The molecule has 1 aromatic rings. The standard InChI is InChI=1S/C11H14OS/c1-8-10(6-7-13-8)11(12)9-4-2-3-5-9/h6-7,9H,2-5H2,1H3. The average Bonchev–Trinajstić information content (AvgIpc) is 2.72. The second kappa shape index (κ2) is 3.62. The van der Waals surface area contributed by atoms with Crippen LogP contribution in [0.4, 0.5) is 0 Å². The average molecular weight is 194 g/mol. The molecule has 2 rings (SSSR count). The molecule has 1 heterocycles. The zero-order valence-corrected chi connectivity index (χ0v) is 8.69. The Morgan fingerprint density at radius 1 is 1.46 bits per heavy atom.